The van der Waals surface area contributed by atoms with Crippen molar-refractivity contribution in [2.75, 3.05) is 0 Å². The molecule has 0 radical (unpaired) electrons. The summed E-state index contributed by atoms with van der Waals surface area (Å²) in [6, 6.07) is 14.2. The molecule has 0 amide bonds. The molecule has 0 bridgehead atoms. The van der Waals surface area contributed by atoms with Gasteiger partial charge in [-0.25, -0.2) is 4.98 Å². The molecule has 2 aromatic carbocycles. The van der Waals surface area contributed by atoms with Gasteiger partial charge in [-0.15, -0.1) is 12.3 Å². The quantitative estimate of drug-likeness (QED) is 0.640. The van der Waals surface area contributed by atoms with Gasteiger partial charge in [0.25, 0.3) is 0 Å². The number of para-hydroxylation sites is 2. The molecule has 0 unspecified atom stereocenters. The summed E-state index contributed by atoms with van der Waals surface area (Å²) in [6.07, 6.45) is 10.9. The Labute approximate surface area is 130 Å². The molecule has 0 saturated carbocycles. The lowest BCUT2D eigenvalue weighted by molar-refractivity contribution is 0.590. The molecule has 2 nitrogen and oxygen atoms in total. The average Bonchev–Trinajstić information content (AvgIpc) is 2.95. The van der Waals surface area contributed by atoms with Crippen LogP contribution in [0.5, 0.6) is 0 Å². The van der Waals surface area contributed by atoms with E-state index in [1.54, 1.807) is 0 Å². The van der Waals surface area contributed by atoms with Crippen molar-refractivity contribution < 1.29 is 4.42 Å². The molecule has 0 aliphatic heterocycles. The highest BCUT2D eigenvalue weighted by Crippen LogP contribution is 2.18. The normalized spacial score (nSPS) is 11.1. The second kappa shape index (κ2) is 6.32. The average molecular weight is 287 g/mol. The third kappa shape index (κ3) is 3.10. The summed E-state index contributed by atoms with van der Waals surface area (Å²) in [7, 11) is 0. The zero-order valence-corrected chi connectivity index (χ0v) is 12.5. The van der Waals surface area contributed by atoms with Crippen LogP contribution in [0.4, 0.5) is 0 Å². The van der Waals surface area contributed by atoms with E-state index in [1.165, 1.54) is 11.1 Å². The fourth-order valence-electron chi connectivity index (χ4n) is 2.44. The van der Waals surface area contributed by atoms with Gasteiger partial charge in [0.2, 0.25) is 5.89 Å². The van der Waals surface area contributed by atoms with Gasteiger partial charge in [-0.3, -0.25) is 0 Å². The number of fused-ring (bicyclic) bond motifs is 1. The minimum atomic E-state index is 0.621. The van der Waals surface area contributed by atoms with Crippen LogP contribution in [0, 0.1) is 19.3 Å². The first-order valence-corrected chi connectivity index (χ1v) is 7.33. The molecule has 22 heavy (non-hydrogen) atoms. The summed E-state index contributed by atoms with van der Waals surface area (Å²) in [4.78, 5) is 4.43. The summed E-state index contributed by atoms with van der Waals surface area (Å²) in [5.41, 5.74) is 5.38. The Bertz CT molecular complexity index is 832. The molecule has 0 spiro atoms. The minimum absolute atomic E-state index is 0.621. The van der Waals surface area contributed by atoms with Crippen molar-refractivity contribution in [1.29, 1.82) is 0 Å². The van der Waals surface area contributed by atoms with Crippen molar-refractivity contribution in [3.8, 4) is 12.3 Å². The number of hydrogen-bond donors (Lipinski definition) is 0. The molecule has 0 saturated heterocycles. The van der Waals surface area contributed by atoms with Crippen LogP contribution < -0.4 is 0 Å². The number of benzene rings is 2. The number of nitrogens with zero attached hydrogens (tertiary/aromatic N) is 1. The lowest BCUT2D eigenvalue weighted by atomic mass is 10.0. The number of aromatic nitrogens is 1. The molecule has 3 rings (SSSR count). The van der Waals surface area contributed by atoms with Crippen molar-refractivity contribution >= 4 is 23.3 Å². The topological polar surface area (TPSA) is 26.0 Å². The fourth-order valence-corrected chi connectivity index (χ4v) is 2.44. The maximum atomic E-state index is 5.68. The van der Waals surface area contributed by atoms with Crippen LogP contribution in [0.3, 0.4) is 0 Å². The van der Waals surface area contributed by atoms with Gasteiger partial charge >= 0.3 is 0 Å². The van der Waals surface area contributed by atoms with Crippen molar-refractivity contribution in [3.63, 3.8) is 0 Å². The Kier molecular flexibility index (Phi) is 4.07. The summed E-state index contributed by atoms with van der Waals surface area (Å²) in [5.74, 6) is 3.30. The van der Waals surface area contributed by atoms with E-state index in [9.17, 15) is 0 Å². The third-order valence-electron chi connectivity index (χ3n) is 3.63. The zero-order chi connectivity index (χ0) is 15.4. The highest BCUT2D eigenvalue weighted by Gasteiger charge is 2.02. The molecule has 3 aromatic rings. The highest BCUT2D eigenvalue weighted by molar-refractivity contribution is 5.76. The Balaban J connectivity index is 1.80. The lowest BCUT2D eigenvalue weighted by Gasteiger charge is -2.04. The van der Waals surface area contributed by atoms with E-state index in [0.29, 0.717) is 5.89 Å². The van der Waals surface area contributed by atoms with Crippen LogP contribution >= 0.6 is 0 Å². The highest BCUT2D eigenvalue weighted by atomic mass is 16.3. The molecular formula is C20H17NO. The van der Waals surface area contributed by atoms with Crippen molar-refractivity contribution in [3.05, 3.63) is 65.0 Å². The monoisotopic (exact) mass is 287 g/mol. The van der Waals surface area contributed by atoms with Gasteiger partial charge in [-0.1, -0.05) is 30.3 Å². The summed E-state index contributed by atoms with van der Waals surface area (Å²) < 4.78 is 5.68. The van der Waals surface area contributed by atoms with Crippen LogP contribution in [0.2, 0.25) is 0 Å². The lowest BCUT2D eigenvalue weighted by Crippen LogP contribution is -1.89. The van der Waals surface area contributed by atoms with Crippen LogP contribution in [-0.4, -0.2) is 4.98 Å². The second-order valence-corrected chi connectivity index (χ2v) is 5.24. The maximum Gasteiger partial charge on any atom is 0.220 e. The predicted octanol–water partition coefficient (Wildman–Crippen LogP) is 4.87. The summed E-state index contributed by atoms with van der Waals surface area (Å²) in [5, 5.41) is 0. The van der Waals surface area contributed by atoms with E-state index in [2.05, 4.69) is 36.0 Å². The maximum absolute atomic E-state index is 5.68. The minimum Gasteiger partial charge on any atom is -0.437 e. The van der Waals surface area contributed by atoms with Crippen molar-refractivity contribution in [2.45, 2.75) is 19.8 Å². The van der Waals surface area contributed by atoms with Crippen LogP contribution in [0.15, 0.2) is 46.9 Å². The van der Waals surface area contributed by atoms with E-state index >= 15 is 0 Å². The first kappa shape index (κ1) is 14.2. The standard InChI is InChI=1S/C20H17NO/c1-3-4-7-17-12-10-16(14-15(17)2)11-13-20-21-18-8-5-6-9-19(18)22-20/h1,5-6,8-14H,4,7H2,2H3/b13-11+. The Morgan fingerprint density at radius 2 is 2.05 bits per heavy atom. The van der Waals surface area contributed by atoms with Crippen LogP contribution in [0.1, 0.15) is 29.0 Å². The molecular weight excluding hydrogens is 270 g/mol. The molecule has 0 fully saturated rings. The van der Waals surface area contributed by atoms with E-state index in [0.717, 1.165) is 29.5 Å². The molecule has 1 aromatic heterocycles. The number of rotatable bonds is 4. The van der Waals surface area contributed by atoms with Crippen molar-refractivity contribution in [1.82, 2.24) is 4.98 Å². The van der Waals surface area contributed by atoms with Gasteiger partial charge < -0.3 is 4.42 Å². The number of aryl methyl sites for hydroxylation is 2. The molecule has 0 aliphatic carbocycles. The van der Waals surface area contributed by atoms with E-state index in [-0.39, 0.29) is 0 Å². The van der Waals surface area contributed by atoms with Gasteiger partial charge in [-0.2, -0.15) is 0 Å². The molecule has 0 N–H and O–H groups in total. The van der Waals surface area contributed by atoms with E-state index in [1.807, 2.05) is 36.4 Å². The largest absolute Gasteiger partial charge is 0.437 e. The molecule has 108 valence electrons. The third-order valence-corrected chi connectivity index (χ3v) is 3.63. The second-order valence-electron chi connectivity index (χ2n) is 5.24. The fraction of sp³-hybridized carbons (Fsp3) is 0.150. The van der Waals surface area contributed by atoms with Gasteiger partial charge in [-0.05, 0) is 48.2 Å². The van der Waals surface area contributed by atoms with Gasteiger partial charge in [0.15, 0.2) is 5.58 Å². The van der Waals surface area contributed by atoms with Crippen LogP contribution in [0.25, 0.3) is 23.3 Å². The summed E-state index contributed by atoms with van der Waals surface area (Å²) >= 11 is 0. The van der Waals surface area contributed by atoms with Gasteiger partial charge in [0, 0.05) is 12.5 Å². The Hall–Kier alpha value is -2.79. The molecule has 1 heterocycles. The smallest absolute Gasteiger partial charge is 0.220 e. The van der Waals surface area contributed by atoms with Crippen LogP contribution in [-0.2, 0) is 6.42 Å². The SMILES string of the molecule is C#CCCc1ccc(/C=C/c2nc3ccccc3o2)cc1C. The number of hydrogen-bond acceptors (Lipinski definition) is 2. The summed E-state index contributed by atoms with van der Waals surface area (Å²) in [6.45, 7) is 2.11. The first-order valence-electron chi connectivity index (χ1n) is 7.33. The molecule has 2 heteroatoms. The molecule has 0 aliphatic rings. The number of oxazole rings is 1. The molecule has 0 atom stereocenters. The van der Waals surface area contributed by atoms with Gasteiger partial charge in [0.1, 0.15) is 5.52 Å². The van der Waals surface area contributed by atoms with E-state index in [4.69, 9.17) is 10.8 Å². The van der Waals surface area contributed by atoms with E-state index < -0.39 is 0 Å². The van der Waals surface area contributed by atoms with Gasteiger partial charge in [0.05, 0.1) is 0 Å². The van der Waals surface area contributed by atoms with Crippen molar-refractivity contribution in [2.24, 2.45) is 0 Å². The predicted molar refractivity (Wildman–Crippen MR) is 91.3 cm³/mol. The first-order chi connectivity index (χ1) is 10.8. The Morgan fingerprint density at radius 3 is 2.82 bits per heavy atom. The zero-order valence-electron chi connectivity index (χ0n) is 12.5. The Morgan fingerprint density at radius 1 is 1.18 bits per heavy atom. The number of terminal acetylenes is 1.